The molecule has 0 atom stereocenters. The summed E-state index contributed by atoms with van der Waals surface area (Å²) in [6.45, 7) is 0.298. The van der Waals surface area contributed by atoms with Gasteiger partial charge in [0.1, 0.15) is 5.82 Å². The molecule has 13 heavy (non-hydrogen) atoms. The average molecular weight is 181 g/mol. The average Bonchev–Trinajstić information content (AvgIpc) is 2.17. The number of hydrogen-bond donors (Lipinski definition) is 2. The minimum atomic E-state index is -0.304. The summed E-state index contributed by atoms with van der Waals surface area (Å²) in [6, 6.07) is 4.48. The van der Waals surface area contributed by atoms with E-state index in [1.807, 2.05) is 0 Å². The Balaban J connectivity index is 2.97. The first kappa shape index (κ1) is 9.89. The van der Waals surface area contributed by atoms with Gasteiger partial charge in [-0.1, -0.05) is 18.2 Å². The molecule has 0 unspecified atom stereocenters. The van der Waals surface area contributed by atoms with Crippen molar-refractivity contribution in [3.8, 4) is 0 Å². The number of halogens is 1. The number of rotatable bonds is 3. The summed E-state index contributed by atoms with van der Waals surface area (Å²) in [5, 5.41) is 8.81. The lowest BCUT2D eigenvalue weighted by atomic mass is 10.1. The lowest BCUT2D eigenvalue weighted by molar-refractivity contribution is 0.281. The fourth-order valence-corrected chi connectivity index (χ4v) is 1.01. The van der Waals surface area contributed by atoms with Crippen LogP contribution in [0.4, 0.5) is 4.39 Å². The first-order valence-corrected chi connectivity index (χ1v) is 4.04. The summed E-state index contributed by atoms with van der Waals surface area (Å²) in [6.07, 6.45) is 3.27. The van der Waals surface area contributed by atoms with Crippen LogP contribution in [0.5, 0.6) is 0 Å². The van der Waals surface area contributed by atoms with Gasteiger partial charge in [0.05, 0.1) is 6.61 Å². The molecule has 0 bridgehead atoms. The second-order valence-corrected chi connectivity index (χ2v) is 2.65. The van der Waals surface area contributed by atoms with Crippen LogP contribution in [0.15, 0.2) is 24.3 Å². The van der Waals surface area contributed by atoms with Crippen molar-refractivity contribution in [3.63, 3.8) is 0 Å². The number of benzene rings is 1. The molecule has 0 aliphatic carbocycles. The van der Waals surface area contributed by atoms with E-state index in [-0.39, 0.29) is 12.4 Å². The zero-order valence-electron chi connectivity index (χ0n) is 7.20. The molecule has 1 rings (SSSR count). The summed E-state index contributed by atoms with van der Waals surface area (Å²) < 4.78 is 13.1. The molecule has 0 heterocycles. The van der Waals surface area contributed by atoms with E-state index in [2.05, 4.69) is 0 Å². The maximum Gasteiger partial charge on any atom is 0.130 e. The SMILES string of the molecule is NC/C=C/c1cc(CO)ccc1F. The molecule has 0 aromatic heterocycles. The van der Waals surface area contributed by atoms with E-state index in [9.17, 15) is 4.39 Å². The van der Waals surface area contributed by atoms with Crippen LogP contribution in [0.1, 0.15) is 11.1 Å². The van der Waals surface area contributed by atoms with Crippen LogP contribution in [0.3, 0.4) is 0 Å². The van der Waals surface area contributed by atoms with Gasteiger partial charge in [0, 0.05) is 12.1 Å². The molecule has 0 aliphatic rings. The fraction of sp³-hybridized carbons (Fsp3) is 0.200. The topological polar surface area (TPSA) is 46.2 Å². The van der Waals surface area contributed by atoms with Crippen molar-refractivity contribution in [2.75, 3.05) is 6.54 Å². The number of hydrogen-bond acceptors (Lipinski definition) is 2. The molecule has 0 aliphatic heterocycles. The van der Waals surface area contributed by atoms with Gasteiger partial charge in [-0.15, -0.1) is 0 Å². The Labute approximate surface area is 76.5 Å². The van der Waals surface area contributed by atoms with Gasteiger partial charge < -0.3 is 10.8 Å². The van der Waals surface area contributed by atoms with Gasteiger partial charge in [0.15, 0.2) is 0 Å². The third-order valence-corrected chi connectivity index (χ3v) is 1.68. The van der Waals surface area contributed by atoms with Gasteiger partial charge in [-0.25, -0.2) is 4.39 Å². The van der Waals surface area contributed by atoms with E-state index < -0.39 is 0 Å². The Morgan fingerprint density at radius 2 is 2.23 bits per heavy atom. The summed E-state index contributed by atoms with van der Waals surface area (Å²) >= 11 is 0. The number of aliphatic hydroxyl groups excluding tert-OH is 1. The third kappa shape index (κ3) is 2.65. The smallest absolute Gasteiger partial charge is 0.130 e. The van der Waals surface area contributed by atoms with Crippen LogP contribution in [0, 0.1) is 5.82 Å². The van der Waals surface area contributed by atoms with Crippen molar-refractivity contribution in [1.29, 1.82) is 0 Å². The normalized spacial score (nSPS) is 11.0. The number of nitrogens with two attached hydrogens (primary N) is 1. The lowest BCUT2D eigenvalue weighted by Gasteiger charge is -1.99. The minimum Gasteiger partial charge on any atom is -0.392 e. The molecule has 0 saturated heterocycles. The lowest BCUT2D eigenvalue weighted by Crippen LogP contribution is -1.93. The molecule has 0 saturated carbocycles. The molecule has 70 valence electrons. The first-order chi connectivity index (χ1) is 6.27. The zero-order valence-corrected chi connectivity index (χ0v) is 7.20. The molecule has 0 spiro atoms. The van der Waals surface area contributed by atoms with Gasteiger partial charge in [-0.2, -0.15) is 0 Å². The van der Waals surface area contributed by atoms with Crippen LogP contribution in [0.2, 0.25) is 0 Å². The van der Waals surface area contributed by atoms with Crippen LogP contribution < -0.4 is 5.73 Å². The van der Waals surface area contributed by atoms with Crippen LogP contribution in [-0.2, 0) is 6.61 Å². The van der Waals surface area contributed by atoms with E-state index in [4.69, 9.17) is 10.8 Å². The monoisotopic (exact) mass is 181 g/mol. The predicted octanol–water partition coefficient (Wildman–Crippen LogP) is 1.29. The van der Waals surface area contributed by atoms with Crippen molar-refractivity contribution >= 4 is 6.08 Å². The van der Waals surface area contributed by atoms with Crippen molar-refractivity contribution < 1.29 is 9.50 Å². The van der Waals surface area contributed by atoms with Crippen LogP contribution in [-0.4, -0.2) is 11.7 Å². The quantitative estimate of drug-likeness (QED) is 0.738. The summed E-state index contributed by atoms with van der Waals surface area (Å²) in [4.78, 5) is 0. The van der Waals surface area contributed by atoms with Gasteiger partial charge in [0.2, 0.25) is 0 Å². The highest BCUT2D eigenvalue weighted by atomic mass is 19.1. The molecule has 3 N–H and O–H groups in total. The maximum absolute atomic E-state index is 13.1. The van der Waals surface area contributed by atoms with Gasteiger partial charge in [-0.05, 0) is 17.7 Å². The van der Waals surface area contributed by atoms with E-state index in [0.717, 1.165) is 0 Å². The molecular weight excluding hydrogens is 169 g/mol. The van der Waals surface area contributed by atoms with E-state index in [0.29, 0.717) is 17.7 Å². The molecular formula is C10H12FNO. The summed E-state index contributed by atoms with van der Waals surface area (Å²) in [5.41, 5.74) is 6.39. The first-order valence-electron chi connectivity index (χ1n) is 4.04. The minimum absolute atomic E-state index is 0.0796. The molecule has 1 aromatic carbocycles. The highest BCUT2D eigenvalue weighted by Crippen LogP contribution is 2.12. The highest BCUT2D eigenvalue weighted by Gasteiger charge is 1.98. The summed E-state index contributed by atoms with van der Waals surface area (Å²) in [5.74, 6) is -0.304. The predicted molar refractivity (Wildman–Crippen MR) is 50.4 cm³/mol. The Kier molecular flexibility index (Phi) is 3.61. The fourth-order valence-electron chi connectivity index (χ4n) is 1.01. The van der Waals surface area contributed by atoms with E-state index >= 15 is 0 Å². The van der Waals surface area contributed by atoms with Crippen molar-refractivity contribution in [3.05, 3.63) is 41.2 Å². The van der Waals surface area contributed by atoms with Crippen molar-refractivity contribution in [2.24, 2.45) is 5.73 Å². The molecule has 1 aromatic rings. The standard InChI is InChI=1S/C10H12FNO/c11-10-4-3-8(7-13)6-9(10)2-1-5-12/h1-4,6,13H,5,7,12H2/b2-1+. The molecule has 0 fully saturated rings. The maximum atomic E-state index is 13.1. The van der Waals surface area contributed by atoms with E-state index in [1.165, 1.54) is 6.07 Å². The molecule has 2 nitrogen and oxygen atoms in total. The Morgan fingerprint density at radius 1 is 1.46 bits per heavy atom. The largest absolute Gasteiger partial charge is 0.392 e. The van der Waals surface area contributed by atoms with Crippen molar-refractivity contribution in [2.45, 2.75) is 6.61 Å². The number of aliphatic hydroxyl groups is 1. The molecule has 0 amide bonds. The van der Waals surface area contributed by atoms with Crippen LogP contribution >= 0.6 is 0 Å². The van der Waals surface area contributed by atoms with Gasteiger partial charge in [0.25, 0.3) is 0 Å². The van der Waals surface area contributed by atoms with Gasteiger partial charge in [-0.3, -0.25) is 0 Å². The Hall–Kier alpha value is -1.19. The van der Waals surface area contributed by atoms with Crippen LogP contribution in [0.25, 0.3) is 6.08 Å². The molecule has 3 heteroatoms. The second-order valence-electron chi connectivity index (χ2n) is 2.65. The van der Waals surface area contributed by atoms with Crippen molar-refractivity contribution in [1.82, 2.24) is 0 Å². The molecule has 0 radical (unpaired) electrons. The second kappa shape index (κ2) is 4.74. The Morgan fingerprint density at radius 3 is 2.85 bits per heavy atom. The summed E-state index contributed by atoms with van der Waals surface area (Å²) in [7, 11) is 0. The zero-order chi connectivity index (χ0) is 9.68. The van der Waals surface area contributed by atoms with E-state index in [1.54, 1.807) is 24.3 Å². The Bertz CT molecular complexity index is 310. The third-order valence-electron chi connectivity index (χ3n) is 1.68. The van der Waals surface area contributed by atoms with Gasteiger partial charge >= 0.3 is 0 Å². The highest BCUT2D eigenvalue weighted by molar-refractivity contribution is 5.51.